The molecular formula is C34H74Br3N3. The molecule has 40 heavy (non-hydrogen) atoms. The molecular weight excluding hydrogens is 690 g/mol. The molecule has 3 nitrogen and oxygen atoms in total. The summed E-state index contributed by atoms with van der Waals surface area (Å²) < 4.78 is 3.47. The van der Waals surface area contributed by atoms with Gasteiger partial charge in [0.1, 0.15) is 26.2 Å². The van der Waals surface area contributed by atoms with Gasteiger partial charge in [0, 0.05) is 0 Å². The molecule has 0 aliphatic carbocycles. The molecule has 0 spiro atoms. The van der Waals surface area contributed by atoms with Crippen LogP contribution in [0, 0.1) is 0 Å². The summed E-state index contributed by atoms with van der Waals surface area (Å²) in [6, 6.07) is 0. The average Bonchev–Trinajstić information content (AvgIpc) is 2.85. The second-order valence-corrected chi connectivity index (χ2v) is 14.0. The van der Waals surface area contributed by atoms with Gasteiger partial charge in [-0.05, 0) is 31.8 Å². The van der Waals surface area contributed by atoms with Gasteiger partial charge in [0.15, 0.2) is 0 Å². The molecule has 0 heterocycles. The van der Waals surface area contributed by atoms with E-state index >= 15 is 0 Å². The fourth-order valence-electron chi connectivity index (χ4n) is 5.55. The van der Waals surface area contributed by atoms with Gasteiger partial charge in [-0.2, -0.15) is 0 Å². The molecule has 0 fully saturated rings. The topological polar surface area (TPSA) is 0 Å². The molecule has 0 radical (unpaired) electrons. The van der Waals surface area contributed by atoms with Crippen molar-refractivity contribution in [2.24, 2.45) is 0 Å². The first-order valence-electron chi connectivity index (χ1n) is 16.7. The first-order chi connectivity index (χ1) is 17.6. The van der Waals surface area contributed by atoms with Crippen LogP contribution < -0.4 is 50.9 Å². The molecule has 0 N–H and O–H groups in total. The third-order valence-electron chi connectivity index (χ3n) is 8.79. The van der Waals surface area contributed by atoms with Crippen molar-refractivity contribution < 1.29 is 64.4 Å². The van der Waals surface area contributed by atoms with Gasteiger partial charge >= 0.3 is 0 Å². The van der Waals surface area contributed by atoms with Crippen molar-refractivity contribution in [2.75, 3.05) is 81.1 Å². The van der Waals surface area contributed by atoms with E-state index in [4.69, 9.17) is 0 Å². The van der Waals surface area contributed by atoms with Crippen molar-refractivity contribution in [3.8, 4) is 0 Å². The lowest BCUT2D eigenvalue weighted by Gasteiger charge is -2.40. The first kappa shape index (κ1) is 48.0. The summed E-state index contributed by atoms with van der Waals surface area (Å²) in [6.45, 7) is 17.5. The number of nitrogens with zero attached hydrogens (tertiary/aromatic N) is 3. The maximum absolute atomic E-state index is 4.11. The molecule has 0 aliphatic rings. The van der Waals surface area contributed by atoms with Crippen LogP contribution in [0.15, 0.2) is 12.7 Å². The lowest BCUT2D eigenvalue weighted by atomic mass is 10.1. The van der Waals surface area contributed by atoms with E-state index in [0.29, 0.717) is 0 Å². The summed E-state index contributed by atoms with van der Waals surface area (Å²) in [5, 5.41) is 0. The zero-order chi connectivity index (χ0) is 27.9. The van der Waals surface area contributed by atoms with Crippen molar-refractivity contribution in [1.82, 2.24) is 0 Å². The van der Waals surface area contributed by atoms with Crippen LogP contribution in [0.1, 0.15) is 129 Å². The average molecular weight is 765 g/mol. The Morgan fingerprint density at radius 1 is 0.400 bits per heavy atom. The number of rotatable bonds is 28. The quantitative estimate of drug-likeness (QED) is 0.0592. The number of quaternary nitrogens is 3. The molecule has 0 bridgehead atoms. The molecule has 0 saturated carbocycles. The van der Waals surface area contributed by atoms with Crippen molar-refractivity contribution in [3.05, 3.63) is 12.7 Å². The van der Waals surface area contributed by atoms with Crippen LogP contribution in [0.3, 0.4) is 0 Å². The van der Waals surface area contributed by atoms with Crippen LogP contribution in [0.5, 0.6) is 0 Å². The van der Waals surface area contributed by atoms with Gasteiger partial charge in [-0.25, -0.2) is 0 Å². The Kier molecular flexibility index (Phi) is 36.1. The Balaban J connectivity index is -0.00000216. The lowest BCUT2D eigenvalue weighted by Crippen LogP contribution is -3.00. The number of likely N-dealkylation sites (N-methyl/N-ethyl adjacent to an activating group) is 3. The smallest absolute Gasteiger partial charge is 0.129 e. The Bertz CT molecular complexity index is 489. The Morgan fingerprint density at radius 2 is 0.675 bits per heavy atom. The molecule has 0 atom stereocenters. The Hall–Kier alpha value is 1.06. The standard InChI is InChI=1S/C34H74N3.3BrH/c1-9-12-14-16-18-20-22-24-26-29-35(4,5)31-33-37(8,28-11-3)34-32-36(6,7)30-27-25-23-21-19-17-15-13-10-2;;;/h11H,3,9-10,12-34H2,1-2,4-8H3;3*1H/q+3;;;/p-3. The summed E-state index contributed by atoms with van der Waals surface area (Å²) in [5.41, 5.74) is 0. The van der Waals surface area contributed by atoms with E-state index in [1.54, 1.807) is 0 Å². The van der Waals surface area contributed by atoms with Crippen LogP contribution in [-0.2, 0) is 0 Å². The van der Waals surface area contributed by atoms with E-state index in [0.717, 1.165) is 20.0 Å². The minimum Gasteiger partial charge on any atom is -1.00 e. The van der Waals surface area contributed by atoms with E-state index in [-0.39, 0.29) is 50.9 Å². The second kappa shape index (κ2) is 30.1. The van der Waals surface area contributed by atoms with Gasteiger partial charge in [0.25, 0.3) is 0 Å². The Morgan fingerprint density at radius 3 is 0.950 bits per heavy atom. The maximum atomic E-state index is 4.11. The third-order valence-corrected chi connectivity index (χ3v) is 8.79. The Labute approximate surface area is 286 Å². The lowest BCUT2D eigenvalue weighted by molar-refractivity contribution is -0.974. The molecule has 0 saturated heterocycles. The largest absolute Gasteiger partial charge is 1.00 e. The van der Waals surface area contributed by atoms with Crippen molar-refractivity contribution in [3.63, 3.8) is 0 Å². The highest BCUT2D eigenvalue weighted by atomic mass is 79.9. The fraction of sp³-hybridized carbons (Fsp3) is 0.941. The molecule has 0 rings (SSSR count). The van der Waals surface area contributed by atoms with Crippen molar-refractivity contribution in [1.29, 1.82) is 0 Å². The van der Waals surface area contributed by atoms with Crippen LogP contribution in [0.25, 0.3) is 0 Å². The highest BCUT2D eigenvalue weighted by Gasteiger charge is 2.28. The second-order valence-electron chi connectivity index (χ2n) is 14.0. The van der Waals surface area contributed by atoms with E-state index in [2.05, 4.69) is 61.7 Å². The molecule has 6 heteroatoms. The summed E-state index contributed by atoms with van der Waals surface area (Å²) in [4.78, 5) is 0. The van der Waals surface area contributed by atoms with Gasteiger partial charge in [-0.15, -0.1) is 0 Å². The van der Waals surface area contributed by atoms with E-state index in [9.17, 15) is 0 Å². The van der Waals surface area contributed by atoms with Gasteiger partial charge in [0.2, 0.25) is 0 Å². The van der Waals surface area contributed by atoms with E-state index in [1.807, 2.05) is 0 Å². The molecule has 0 unspecified atom stereocenters. The zero-order valence-electron chi connectivity index (χ0n) is 28.4. The number of unbranched alkanes of at least 4 members (excludes halogenated alkanes) is 16. The van der Waals surface area contributed by atoms with Crippen molar-refractivity contribution >= 4 is 0 Å². The van der Waals surface area contributed by atoms with E-state index in [1.165, 1.54) is 155 Å². The van der Waals surface area contributed by atoms with Gasteiger partial charge in [0.05, 0.1) is 54.9 Å². The van der Waals surface area contributed by atoms with Gasteiger partial charge in [-0.1, -0.05) is 110 Å². The zero-order valence-corrected chi connectivity index (χ0v) is 33.2. The molecule has 0 aliphatic heterocycles. The molecule has 246 valence electrons. The molecule has 0 aromatic heterocycles. The van der Waals surface area contributed by atoms with Crippen LogP contribution in [0.2, 0.25) is 0 Å². The molecule has 0 aromatic carbocycles. The molecule has 0 amide bonds. The number of hydrogen-bond acceptors (Lipinski definition) is 0. The minimum atomic E-state index is 0. The van der Waals surface area contributed by atoms with Crippen molar-refractivity contribution in [2.45, 2.75) is 129 Å². The van der Waals surface area contributed by atoms with Crippen LogP contribution >= 0.6 is 0 Å². The highest BCUT2D eigenvalue weighted by molar-refractivity contribution is 4.65. The predicted octanol–water partition coefficient (Wildman–Crippen LogP) is -0.155. The maximum Gasteiger partial charge on any atom is 0.129 e. The monoisotopic (exact) mass is 761 g/mol. The number of hydrogen-bond donors (Lipinski definition) is 0. The minimum absolute atomic E-state index is 0. The van der Waals surface area contributed by atoms with Gasteiger partial charge < -0.3 is 64.4 Å². The summed E-state index contributed by atoms with van der Waals surface area (Å²) in [7, 11) is 12.3. The van der Waals surface area contributed by atoms with Crippen LogP contribution in [-0.4, -0.2) is 94.5 Å². The first-order valence-corrected chi connectivity index (χ1v) is 16.7. The van der Waals surface area contributed by atoms with Gasteiger partial charge in [-0.3, -0.25) is 0 Å². The summed E-state index contributed by atoms with van der Waals surface area (Å²) in [5.74, 6) is 0. The predicted molar refractivity (Wildman–Crippen MR) is 169 cm³/mol. The third kappa shape index (κ3) is 30.5. The van der Waals surface area contributed by atoms with E-state index < -0.39 is 0 Å². The van der Waals surface area contributed by atoms with Crippen LogP contribution in [0.4, 0.5) is 0 Å². The summed E-state index contributed by atoms with van der Waals surface area (Å²) in [6.07, 6.45) is 27.7. The SMILES string of the molecule is C=CC[N+](C)(CC[N+](C)(C)CCCCCCCCCCC)CC[N+](C)(C)CCCCCCCCCCC.[Br-].[Br-].[Br-]. The normalized spacial score (nSPS) is 11.9. The summed E-state index contributed by atoms with van der Waals surface area (Å²) >= 11 is 0. The molecule has 0 aromatic rings. The highest BCUT2D eigenvalue weighted by Crippen LogP contribution is 2.14. The fourth-order valence-corrected chi connectivity index (χ4v) is 5.55. The number of halogens is 3.